The Morgan fingerprint density at radius 1 is 1.18 bits per heavy atom. The van der Waals surface area contributed by atoms with Crippen molar-refractivity contribution in [3.05, 3.63) is 60.2 Å². The molecule has 3 rings (SSSR count). The first kappa shape index (κ1) is 14.7. The lowest BCUT2D eigenvalue weighted by molar-refractivity contribution is -0.119. The third kappa shape index (κ3) is 3.49. The maximum absolute atomic E-state index is 11.9. The lowest BCUT2D eigenvalue weighted by atomic mass is 10.1. The first-order valence-electron chi connectivity index (χ1n) is 6.99. The fourth-order valence-electron chi connectivity index (χ4n) is 2.25. The van der Waals surface area contributed by atoms with Gasteiger partial charge in [0.25, 0.3) is 0 Å². The molecule has 112 valence electrons. The number of rotatable bonds is 3. The van der Waals surface area contributed by atoms with Gasteiger partial charge in [0.1, 0.15) is 5.75 Å². The molecule has 5 heteroatoms. The lowest BCUT2D eigenvalue weighted by Gasteiger charge is -2.23. The fraction of sp³-hybridized carbons (Fsp3) is 0.176. The van der Waals surface area contributed by atoms with E-state index in [0.717, 1.165) is 17.0 Å². The average molecular weight is 312 g/mol. The summed E-state index contributed by atoms with van der Waals surface area (Å²) in [7, 11) is 1.62. The highest BCUT2D eigenvalue weighted by Crippen LogP contribution is 2.36. The van der Waals surface area contributed by atoms with Gasteiger partial charge >= 0.3 is 0 Å². The van der Waals surface area contributed by atoms with Crippen molar-refractivity contribution in [2.24, 2.45) is 4.99 Å². The standard InChI is InChI=1S/C17H16N2O2S/c1-21-14-9-5-8-13(10-14)18-17-19-16(20)11-15(22-17)12-6-3-2-4-7-12/h2-10,15H,11H2,1H3,(H,18,19,20)/t15-/m1/s1. The van der Waals surface area contributed by atoms with Crippen LogP contribution in [0.3, 0.4) is 0 Å². The van der Waals surface area contributed by atoms with Gasteiger partial charge in [0, 0.05) is 17.7 Å². The Balaban J connectivity index is 1.84. The maximum atomic E-state index is 11.9. The molecule has 0 aromatic heterocycles. The van der Waals surface area contributed by atoms with Gasteiger partial charge in [-0.3, -0.25) is 4.79 Å². The minimum absolute atomic E-state index is 0.00532. The van der Waals surface area contributed by atoms with Crippen LogP contribution in [0.2, 0.25) is 0 Å². The van der Waals surface area contributed by atoms with Crippen LogP contribution in [0.15, 0.2) is 59.6 Å². The van der Waals surface area contributed by atoms with E-state index < -0.39 is 0 Å². The topological polar surface area (TPSA) is 50.7 Å². The van der Waals surface area contributed by atoms with Gasteiger partial charge in [0.2, 0.25) is 5.91 Å². The number of nitrogens with zero attached hydrogens (tertiary/aromatic N) is 1. The molecule has 0 spiro atoms. The average Bonchev–Trinajstić information content (AvgIpc) is 2.55. The quantitative estimate of drug-likeness (QED) is 0.940. The molecule has 1 fully saturated rings. The monoisotopic (exact) mass is 312 g/mol. The molecule has 0 aliphatic carbocycles. The molecular weight excluding hydrogens is 296 g/mol. The van der Waals surface area contributed by atoms with Crippen LogP contribution in [-0.4, -0.2) is 18.2 Å². The van der Waals surface area contributed by atoms with Crippen molar-refractivity contribution in [3.63, 3.8) is 0 Å². The van der Waals surface area contributed by atoms with E-state index in [4.69, 9.17) is 4.74 Å². The minimum atomic E-state index is -0.00532. The van der Waals surface area contributed by atoms with Crippen LogP contribution < -0.4 is 10.1 Å². The van der Waals surface area contributed by atoms with E-state index in [1.54, 1.807) is 18.9 Å². The van der Waals surface area contributed by atoms with Crippen molar-refractivity contribution in [1.82, 2.24) is 5.32 Å². The van der Waals surface area contributed by atoms with Crippen molar-refractivity contribution in [2.75, 3.05) is 7.11 Å². The summed E-state index contributed by atoms with van der Waals surface area (Å²) in [5.74, 6) is 0.739. The van der Waals surface area contributed by atoms with Crippen LogP contribution in [0.4, 0.5) is 5.69 Å². The molecule has 1 aliphatic heterocycles. The summed E-state index contributed by atoms with van der Waals surface area (Å²) in [5, 5.41) is 3.56. The summed E-state index contributed by atoms with van der Waals surface area (Å²) < 4.78 is 5.19. The number of hydrogen-bond donors (Lipinski definition) is 1. The number of thioether (sulfide) groups is 1. The zero-order valence-electron chi connectivity index (χ0n) is 12.2. The zero-order chi connectivity index (χ0) is 15.4. The predicted molar refractivity (Wildman–Crippen MR) is 89.6 cm³/mol. The molecule has 2 aromatic rings. The van der Waals surface area contributed by atoms with E-state index in [1.165, 1.54) is 0 Å². The summed E-state index contributed by atoms with van der Waals surface area (Å²) in [6, 6.07) is 17.5. The van der Waals surface area contributed by atoms with Gasteiger partial charge < -0.3 is 10.1 Å². The van der Waals surface area contributed by atoms with Gasteiger partial charge in [-0.05, 0) is 17.7 Å². The number of amides is 1. The zero-order valence-corrected chi connectivity index (χ0v) is 13.0. The number of ether oxygens (including phenoxy) is 1. The second-order valence-electron chi connectivity index (χ2n) is 4.89. The Labute approximate surface area is 133 Å². The van der Waals surface area contributed by atoms with Gasteiger partial charge in [0.05, 0.1) is 12.8 Å². The highest BCUT2D eigenvalue weighted by molar-refractivity contribution is 8.14. The van der Waals surface area contributed by atoms with Gasteiger partial charge in [-0.1, -0.05) is 48.2 Å². The number of benzene rings is 2. The van der Waals surface area contributed by atoms with Crippen molar-refractivity contribution < 1.29 is 9.53 Å². The molecule has 2 aromatic carbocycles. The van der Waals surface area contributed by atoms with Gasteiger partial charge in [-0.2, -0.15) is 0 Å². The van der Waals surface area contributed by atoms with Crippen molar-refractivity contribution in [2.45, 2.75) is 11.7 Å². The Morgan fingerprint density at radius 2 is 2.00 bits per heavy atom. The van der Waals surface area contributed by atoms with E-state index in [0.29, 0.717) is 11.6 Å². The lowest BCUT2D eigenvalue weighted by Crippen LogP contribution is -2.34. The molecule has 0 unspecified atom stereocenters. The van der Waals surface area contributed by atoms with Crippen LogP contribution in [0.25, 0.3) is 0 Å². The van der Waals surface area contributed by atoms with Crippen molar-refractivity contribution >= 4 is 28.5 Å². The highest BCUT2D eigenvalue weighted by Gasteiger charge is 2.25. The number of carbonyl (C=O) groups is 1. The molecule has 1 heterocycles. The summed E-state index contributed by atoms with van der Waals surface area (Å²) in [6.45, 7) is 0. The summed E-state index contributed by atoms with van der Waals surface area (Å²) in [4.78, 5) is 16.5. The SMILES string of the molecule is COc1cccc(N=C2NC(=O)C[C@H](c3ccccc3)S2)c1. The molecule has 1 amide bonds. The number of hydrogen-bond acceptors (Lipinski definition) is 4. The second-order valence-corrected chi connectivity index (χ2v) is 6.08. The Bertz CT molecular complexity index is 701. The smallest absolute Gasteiger partial charge is 0.227 e. The van der Waals surface area contributed by atoms with Crippen molar-refractivity contribution in [1.29, 1.82) is 0 Å². The summed E-state index contributed by atoms with van der Waals surface area (Å²) in [5.41, 5.74) is 1.90. The van der Waals surface area contributed by atoms with Crippen LogP contribution in [0.1, 0.15) is 17.2 Å². The highest BCUT2D eigenvalue weighted by atomic mass is 32.2. The molecular formula is C17H16N2O2S. The Morgan fingerprint density at radius 3 is 2.77 bits per heavy atom. The molecule has 22 heavy (non-hydrogen) atoms. The minimum Gasteiger partial charge on any atom is -0.497 e. The summed E-state index contributed by atoms with van der Waals surface area (Å²) in [6.07, 6.45) is 0.464. The third-order valence-electron chi connectivity index (χ3n) is 3.33. The van der Waals surface area contributed by atoms with E-state index in [9.17, 15) is 4.79 Å². The Hall–Kier alpha value is -2.27. The van der Waals surface area contributed by atoms with E-state index in [-0.39, 0.29) is 11.2 Å². The first-order valence-corrected chi connectivity index (χ1v) is 7.87. The van der Waals surface area contributed by atoms with Crippen molar-refractivity contribution in [3.8, 4) is 5.75 Å². The molecule has 0 bridgehead atoms. The number of amidine groups is 1. The van der Waals surface area contributed by atoms with Gasteiger partial charge in [-0.25, -0.2) is 4.99 Å². The summed E-state index contributed by atoms with van der Waals surface area (Å²) >= 11 is 1.57. The molecule has 0 saturated carbocycles. The number of aliphatic imine (C=N–C) groups is 1. The normalized spacial score (nSPS) is 19.8. The first-order chi connectivity index (χ1) is 10.7. The predicted octanol–water partition coefficient (Wildman–Crippen LogP) is 3.68. The molecule has 1 N–H and O–H groups in total. The maximum Gasteiger partial charge on any atom is 0.227 e. The van der Waals surface area contributed by atoms with E-state index in [1.807, 2.05) is 54.6 Å². The second kappa shape index (κ2) is 6.66. The fourth-order valence-corrected chi connectivity index (χ4v) is 3.38. The van der Waals surface area contributed by atoms with Crippen LogP contribution >= 0.6 is 11.8 Å². The molecule has 1 atom stereocenters. The number of nitrogens with one attached hydrogen (secondary N) is 1. The largest absolute Gasteiger partial charge is 0.497 e. The van der Waals surface area contributed by atoms with E-state index in [2.05, 4.69) is 10.3 Å². The van der Waals surface area contributed by atoms with Gasteiger partial charge in [0.15, 0.2) is 5.17 Å². The van der Waals surface area contributed by atoms with E-state index >= 15 is 0 Å². The molecule has 1 aliphatic rings. The number of methoxy groups -OCH3 is 1. The molecule has 0 radical (unpaired) electrons. The number of carbonyl (C=O) groups excluding carboxylic acids is 1. The third-order valence-corrected chi connectivity index (χ3v) is 4.47. The van der Waals surface area contributed by atoms with Gasteiger partial charge in [-0.15, -0.1) is 0 Å². The van der Waals surface area contributed by atoms with Crippen LogP contribution in [0, 0.1) is 0 Å². The molecule has 1 saturated heterocycles. The van der Waals surface area contributed by atoms with Crippen LogP contribution in [0.5, 0.6) is 5.75 Å². The molecule has 4 nitrogen and oxygen atoms in total. The Kier molecular flexibility index (Phi) is 4.44. The van der Waals surface area contributed by atoms with Crippen LogP contribution in [-0.2, 0) is 4.79 Å².